The van der Waals surface area contributed by atoms with Gasteiger partial charge in [0.15, 0.2) is 0 Å². The van der Waals surface area contributed by atoms with Crippen LogP contribution in [0.25, 0.3) is 0 Å². The molecule has 0 spiro atoms. The smallest absolute Gasteiger partial charge is 0.234 e. The number of benzene rings is 1. The first-order chi connectivity index (χ1) is 10.2. The Kier molecular flexibility index (Phi) is 5.59. The van der Waals surface area contributed by atoms with Gasteiger partial charge in [-0.2, -0.15) is 5.26 Å². The second-order valence-electron chi connectivity index (χ2n) is 5.28. The minimum Gasteiger partial charge on any atom is -0.492 e. The van der Waals surface area contributed by atoms with Gasteiger partial charge in [-0.15, -0.1) is 0 Å². The zero-order chi connectivity index (χ0) is 15.1. The lowest BCUT2D eigenvalue weighted by Crippen LogP contribution is -2.48. The molecule has 1 aliphatic heterocycles. The third kappa shape index (κ3) is 4.47. The van der Waals surface area contributed by atoms with Gasteiger partial charge in [0.1, 0.15) is 12.4 Å². The monoisotopic (exact) mass is 287 g/mol. The molecule has 1 aromatic carbocycles. The van der Waals surface area contributed by atoms with Crippen LogP contribution in [-0.4, -0.2) is 36.5 Å². The molecule has 0 saturated carbocycles. The second kappa shape index (κ2) is 7.65. The topological polar surface area (TPSA) is 79.3 Å². The van der Waals surface area contributed by atoms with Crippen molar-refractivity contribution in [3.05, 3.63) is 29.8 Å². The number of hydrogen-bond acceptors (Lipinski definition) is 4. The number of nitrogens with two attached hydrogens (primary N) is 1. The maximum atomic E-state index is 11.4. The molecule has 0 aliphatic carbocycles. The van der Waals surface area contributed by atoms with E-state index in [1.165, 1.54) is 0 Å². The Labute approximate surface area is 125 Å². The molecule has 21 heavy (non-hydrogen) atoms. The molecule has 2 rings (SSSR count). The van der Waals surface area contributed by atoms with E-state index in [1.807, 2.05) is 24.3 Å². The summed E-state index contributed by atoms with van der Waals surface area (Å²) in [4.78, 5) is 13.5. The average Bonchev–Trinajstić information content (AvgIpc) is 2.50. The molecule has 2 N–H and O–H groups in total. The van der Waals surface area contributed by atoms with E-state index in [9.17, 15) is 4.79 Å². The van der Waals surface area contributed by atoms with Gasteiger partial charge >= 0.3 is 0 Å². The Morgan fingerprint density at radius 1 is 1.38 bits per heavy atom. The standard InChI is InChI=1S/C16H21N3O2/c17-9-8-13-4-6-14(7-5-13)21-12-11-19-10-2-1-3-15(19)16(18)20/h4-7,15H,1-3,8,10-12H2,(H2,18,20). The molecule has 1 unspecified atom stereocenters. The number of nitrogens with zero attached hydrogens (tertiary/aromatic N) is 2. The van der Waals surface area contributed by atoms with Crippen LogP contribution in [0.3, 0.4) is 0 Å². The van der Waals surface area contributed by atoms with E-state index in [0.29, 0.717) is 19.6 Å². The Balaban J connectivity index is 1.80. The van der Waals surface area contributed by atoms with E-state index < -0.39 is 0 Å². The fraction of sp³-hybridized carbons (Fsp3) is 0.500. The molecule has 0 bridgehead atoms. The quantitative estimate of drug-likeness (QED) is 0.859. The molecule has 112 valence electrons. The van der Waals surface area contributed by atoms with Gasteiger partial charge in [0.05, 0.1) is 18.5 Å². The van der Waals surface area contributed by atoms with Crippen LogP contribution in [0.2, 0.25) is 0 Å². The van der Waals surface area contributed by atoms with Gasteiger partial charge in [0.25, 0.3) is 0 Å². The number of primary amides is 1. The van der Waals surface area contributed by atoms with E-state index in [0.717, 1.165) is 37.1 Å². The van der Waals surface area contributed by atoms with Crippen molar-refractivity contribution < 1.29 is 9.53 Å². The molecule has 5 nitrogen and oxygen atoms in total. The second-order valence-corrected chi connectivity index (χ2v) is 5.28. The zero-order valence-corrected chi connectivity index (χ0v) is 12.1. The maximum Gasteiger partial charge on any atom is 0.234 e. The van der Waals surface area contributed by atoms with Crippen molar-refractivity contribution in [3.63, 3.8) is 0 Å². The Hall–Kier alpha value is -2.06. The number of ether oxygens (including phenoxy) is 1. The minimum atomic E-state index is -0.240. The van der Waals surface area contributed by atoms with Crippen LogP contribution < -0.4 is 10.5 Å². The third-order valence-electron chi connectivity index (χ3n) is 3.80. The van der Waals surface area contributed by atoms with E-state index >= 15 is 0 Å². The summed E-state index contributed by atoms with van der Waals surface area (Å²) in [6, 6.07) is 9.49. The van der Waals surface area contributed by atoms with Crippen molar-refractivity contribution in [2.75, 3.05) is 19.7 Å². The Morgan fingerprint density at radius 2 is 2.14 bits per heavy atom. The van der Waals surface area contributed by atoms with Crippen LogP contribution >= 0.6 is 0 Å². The van der Waals surface area contributed by atoms with Crippen LogP contribution in [-0.2, 0) is 11.2 Å². The molecule has 0 aromatic heterocycles. The fourth-order valence-electron chi connectivity index (χ4n) is 2.66. The van der Waals surface area contributed by atoms with Crippen molar-refractivity contribution >= 4 is 5.91 Å². The van der Waals surface area contributed by atoms with Gasteiger partial charge in [-0.1, -0.05) is 18.6 Å². The van der Waals surface area contributed by atoms with Crippen LogP contribution in [0, 0.1) is 11.3 Å². The molecule has 1 heterocycles. The van der Waals surface area contributed by atoms with E-state index in [4.69, 9.17) is 15.7 Å². The molecular weight excluding hydrogens is 266 g/mol. The van der Waals surface area contributed by atoms with Gasteiger partial charge in [0.2, 0.25) is 5.91 Å². The summed E-state index contributed by atoms with van der Waals surface area (Å²) in [5.41, 5.74) is 6.42. The van der Waals surface area contributed by atoms with Crippen LogP contribution in [0.4, 0.5) is 0 Å². The van der Waals surface area contributed by atoms with Crippen molar-refractivity contribution in [2.24, 2.45) is 5.73 Å². The molecule has 1 aliphatic rings. The summed E-state index contributed by atoms with van der Waals surface area (Å²) in [6.45, 7) is 2.13. The minimum absolute atomic E-state index is 0.152. The third-order valence-corrected chi connectivity index (χ3v) is 3.80. The first-order valence-electron chi connectivity index (χ1n) is 7.33. The molecule has 1 amide bonds. The highest BCUT2D eigenvalue weighted by Crippen LogP contribution is 2.17. The van der Waals surface area contributed by atoms with Gasteiger partial charge in [0, 0.05) is 6.54 Å². The van der Waals surface area contributed by atoms with Gasteiger partial charge in [-0.05, 0) is 37.1 Å². The van der Waals surface area contributed by atoms with E-state index in [1.54, 1.807) is 0 Å². The van der Waals surface area contributed by atoms with E-state index in [2.05, 4.69) is 11.0 Å². The predicted octanol–water partition coefficient (Wildman–Crippen LogP) is 1.47. The number of piperidine rings is 1. The van der Waals surface area contributed by atoms with Crippen LogP contribution in [0.5, 0.6) is 5.75 Å². The highest BCUT2D eigenvalue weighted by Gasteiger charge is 2.26. The van der Waals surface area contributed by atoms with Crippen LogP contribution in [0.15, 0.2) is 24.3 Å². The van der Waals surface area contributed by atoms with Gasteiger partial charge in [-0.25, -0.2) is 0 Å². The number of amides is 1. The van der Waals surface area contributed by atoms with Crippen molar-refractivity contribution in [2.45, 2.75) is 31.7 Å². The number of hydrogen-bond donors (Lipinski definition) is 1. The van der Waals surface area contributed by atoms with Crippen LogP contribution in [0.1, 0.15) is 24.8 Å². The highest BCUT2D eigenvalue weighted by molar-refractivity contribution is 5.79. The Bertz CT molecular complexity index is 507. The summed E-state index contributed by atoms with van der Waals surface area (Å²) >= 11 is 0. The van der Waals surface area contributed by atoms with E-state index in [-0.39, 0.29) is 11.9 Å². The normalized spacial score (nSPS) is 18.9. The summed E-state index contributed by atoms with van der Waals surface area (Å²) in [5.74, 6) is 0.542. The molecule has 5 heteroatoms. The number of rotatable bonds is 6. The number of carbonyl (C=O) groups is 1. The van der Waals surface area contributed by atoms with Gasteiger partial charge in [-0.3, -0.25) is 9.69 Å². The largest absolute Gasteiger partial charge is 0.492 e. The molecule has 1 aromatic rings. The summed E-state index contributed by atoms with van der Waals surface area (Å²) in [5, 5.41) is 8.62. The predicted molar refractivity (Wildman–Crippen MR) is 79.7 cm³/mol. The lowest BCUT2D eigenvalue weighted by Gasteiger charge is -2.33. The molecular formula is C16H21N3O2. The van der Waals surface area contributed by atoms with Crippen molar-refractivity contribution in [1.82, 2.24) is 4.90 Å². The molecule has 0 radical (unpaired) electrons. The SMILES string of the molecule is N#CCc1ccc(OCCN2CCCCC2C(N)=O)cc1. The lowest BCUT2D eigenvalue weighted by molar-refractivity contribution is -0.124. The lowest BCUT2D eigenvalue weighted by atomic mass is 10.0. The summed E-state index contributed by atoms with van der Waals surface area (Å²) < 4.78 is 5.69. The number of likely N-dealkylation sites (tertiary alicyclic amines) is 1. The zero-order valence-electron chi connectivity index (χ0n) is 12.1. The summed E-state index contributed by atoms with van der Waals surface area (Å²) in [6.07, 6.45) is 3.42. The molecule has 1 fully saturated rings. The average molecular weight is 287 g/mol. The number of nitriles is 1. The fourth-order valence-corrected chi connectivity index (χ4v) is 2.66. The highest BCUT2D eigenvalue weighted by atomic mass is 16.5. The summed E-state index contributed by atoms with van der Waals surface area (Å²) in [7, 11) is 0. The van der Waals surface area contributed by atoms with Crippen molar-refractivity contribution in [3.8, 4) is 11.8 Å². The van der Waals surface area contributed by atoms with Crippen molar-refractivity contribution in [1.29, 1.82) is 5.26 Å². The number of carbonyl (C=O) groups excluding carboxylic acids is 1. The first kappa shape index (κ1) is 15.3. The maximum absolute atomic E-state index is 11.4. The molecule has 1 saturated heterocycles. The molecule has 1 atom stereocenters. The van der Waals surface area contributed by atoms with Gasteiger partial charge < -0.3 is 10.5 Å². The first-order valence-corrected chi connectivity index (χ1v) is 7.33. The Morgan fingerprint density at radius 3 is 2.81 bits per heavy atom.